The van der Waals surface area contributed by atoms with Crippen molar-refractivity contribution in [3.8, 4) is 0 Å². The van der Waals surface area contributed by atoms with E-state index in [-0.39, 0.29) is 0 Å². The first kappa shape index (κ1) is 13.5. The van der Waals surface area contributed by atoms with Crippen LogP contribution in [-0.4, -0.2) is 12.8 Å². The van der Waals surface area contributed by atoms with Gasteiger partial charge >= 0.3 is 0 Å². The molecule has 1 rings (SSSR count). The average Bonchev–Trinajstić information content (AvgIpc) is 2.31. The van der Waals surface area contributed by atoms with Crippen LogP contribution < -0.4 is 0 Å². The molecule has 0 spiro atoms. The Bertz CT molecular complexity index is 173. The van der Waals surface area contributed by atoms with Crippen molar-refractivity contribution in [2.75, 3.05) is 7.11 Å². The zero-order valence-corrected chi connectivity index (χ0v) is 10.8. The van der Waals surface area contributed by atoms with E-state index in [2.05, 4.69) is 5.16 Å². The van der Waals surface area contributed by atoms with Crippen molar-refractivity contribution in [2.45, 2.75) is 77.0 Å². The molecule has 0 unspecified atom stereocenters. The third-order valence-electron chi connectivity index (χ3n) is 3.40. The first-order chi connectivity index (χ1) is 7.93. The molecule has 0 aromatic heterocycles. The fourth-order valence-corrected chi connectivity index (χ4v) is 2.42. The third-order valence-corrected chi connectivity index (χ3v) is 3.40. The molecule has 0 aromatic carbocycles. The Hall–Kier alpha value is -0.530. The van der Waals surface area contributed by atoms with Gasteiger partial charge < -0.3 is 4.84 Å². The Morgan fingerprint density at radius 1 is 0.688 bits per heavy atom. The molecule has 2 heteroatoms. The summed E-state index contributed by atoms with van der Waals surface area (Å²) in [6, 6.07) is 0. The molecule has 0 N–H and O–H groups in total. The van der Waals surface area contributed by atoms with Crippen LogP contribution >= 0.6 is 0 Å². The number of oxime groups is 1. The predicted octanol–water partition coefficient (Wildman–Crippen LogP) is 4.68. The van der Waals surface area contributed by atoms with Crippen LogP contribution in [0.1, 0.15) is 77.0 Å². The van der Waals surface area contributed by atoms with Crippen molar-refractivity contribution in [1.82, 2.24) is 0 Å². The highest BCUT2D eigenvalue weighted by Gasteiger charge is 2.02. The minimum Gasteiger partial charge on any atom is -0.399 e. The molecule has 0 atom stereocenters. The quantitative estimate of drug-likeness (QED) is 0.593. The summed E-state index contributed by atoms with van der Waals surface area (Å²) in [6.45, 7) is 0. The van der Waals surface area contributed by atoms with E-state index >= 15 is 0 Å². The summed E-state index contributed by atoms with van der Waals surface area (Å²) in [7, 11) is 1.66. The SMILES string of the molecule is CON=C1CCCCCCCCCCCC1. The zero-order chi connectivity index (χ0) is 11.5. The van der Waals surface area contributed by atoms with E-state index in [1.807, 2.05) is 0 Å². The van der Waals surface area contributed by atoms with Crippen molar-refractivity contribution in [1.29, 1.82) is 0 Å². The molecule has 0 amide bonds. The molecule has 0 aliphatic heterocycles. The maximum Gasteiger partial charge on any atom is 0.106 e. The van der Waals surface area contributed by atoms with Crippen LogP contribution in [0.5, 0.6) is 0 Å². The molecule has 16 heavy (non-hydrogen) atoms. The lowest BCUT2D eigenvalue weighted by molar-refractivity contribution is 0.211. The van der Waals surface area contributed by atoms with Gasteiger partial charge in [0.05, 0.1) is 5.71 Å². The normalized spacial score (nSPS) is 21.4. The lowest BCUT2D eigenvalue weighted by Gasteiger charge is -2.05. The molecule has 1 fully saturated rings. The Morgan fingerprint density at radius 2 is 1.06 bits per heavy atom. The van der Waals surface area contributed by atoms with Crippen molar-refractivity contribution in [2.24, 2.45) is 5.16 Å². The number of hydrogen-bond donors (Lipinski definition) is 0. The molecular weight excluding hydrogens is 198 g/mol. The molecule has 0 heterocycles. The zero-order valence-electron chi connectivity index (χ0n) is 10.8. The molecule has 0 radical (unpaired) electrons. The van der Waals surface area contributed by atoms with Crippen LogP contribution in [0, 0.1) is 0 Å². The predicted molar refractivity (Wildman–Crippen MR) is 69.8 cm³/mol. The van der Waals surface area contributed by atoms with Crippen molar-refractivity contribution in [3.05, 3.63) is 0 Å². The monoisotopic (exact) mass is 225 g/mol. The van der Waals surface area contributed by atoms with Crippen molar-refractivity contribution >= 4 is 5.71 Å². The van der Waals surface area contributed by atoms with Crippen LogP contribution in [0.3, 0.4) is 0 Å². The minimum atomic E-state index is 1.15. The number of hydrogen-bond acceptors (Lipinski definition) is 2. The van der Waals surface area contributed by atoms with Gasteiger partial charge in [-0.2, -0.15) is 0 Å². The van der Waals surface area contributed by atoms with Gasteiger partial charge in [-0.05, 0) is 25.7 Å². The van der Waals surface area contributed by atoms with E-state index < -0.39 is 0 Å². The van der Waals surface area contributed by atoms with E-state index in [1.54, 1.807) is 7.11 Å². The largest absolute Gasteiger partial charge is 0.399 e. The Kier molecular flexibility index (Phi) is 8.19. The molecule has 1 saturated carbocycles. The Labute approximate surface area is 100 Å². The van der Waals surface area contributed by atoms with Gasteiger partial charge in [0.2, 0.25) is 0 Å². The maximum absolute atomic E-state index is 4.92. The van der Waals surface area contributed by atoms with Crippen molar-refractivity contribution in [3.63, 3.8) is 0 Å². The molecule has 1 aliphatic carbocycles. The second kappa shape index (κ2) is 9.68. The van der Waals surface area contributed by atoms with Crippen LogP contribution in [0.2, 0.25) is 0 Å². The summed E-state index contributed by atoms with van der Waals surface area (Å²) in [6.07, 6.45) is 16.2. The fourth-order valence-electron chi connectivity index (χ4n) is 2.42. The van der Waals surface area contributed by atoms with Crippen LogP contribution in [0.4, 0.5) is 0 Å². The minimum absolute atomic E-state index is 1.15. The smallest absolute Gasteiger partial charge is 0.106 e. The maximum atomic E-state index is 4.92. The summed E-state index contributed by atoms with van der Waals surface area (Å²) in [5.74, 6) is 0. The van der Waals surface area contributed by atoms with Gasteiger partial charge in [-0.3, -0.25) is 0 Å². The van der Waals surface area contributed by atoms with Gasteiger partial charge in [-0.25, -0.2) is 0 Å². The van der Waals surface area contributed by atoms with E-state index in [0.29, 0.717) is 0 Å². The summed E-state index contributed by atoms with van der Waals surface area (Å²) < 4.78 is 0. The first-order valence-corrected chi connectivity index (χ1v) is 7.02. The van der Waals surface area contributed by atoms with Gasteiger partial charge in [0.15, 0.2) is 0 Å². The summed E-state index contributed by atoms with van der Waals surface area (Å²) >= 11 is 0. The average molecular weight is 225 g/mol. The van der Waals surface area contributed by atoms with E-state index in [9.17, 15) is 0 Å². The van der Waals surface area contributed by atoms with Crippen molar-refractivity contribution < 1.29 is 4.84 Å². The van der Waals surface area contributed by atoms with Crippen LogP contribution in [-0.2, 0) is 4.84 Å². The summed E-state index contributed by atoms with van der Waals surface area (Å²) in [5.41, 5.74) is 1.28. The lowest BCUT2D eigenvalue weighted by Crippen LogP contribution is -1.99. The van der Waals surface area contributed by atoms with Gasteiger partial charge in [0, 0.05) is 0 Å². The highest BCUT2D eigenvalue weighted by molar-refractivity contribution is 5.83. The molecule has 94 valence electrons. The summed E-state index contributed by atoms with van der Waals surface area (Å²) in [5, 5.41) is 4.15. The highest BCUT2D eigenvalue weighted by Crippen LogP contribution is 2.15. The van der Waals surface area contributed by atoms with Crippen LogP contribution in [0.15, 0.2) is 5.16 Å². The van der Waals surface area contributed by atoms with Gasteiger partial charge in [0.1, 0.15) is 7.11 Å². The molecule has 0 aromatic rings. The Morgan fingerprint density at radius 3 is 1.44 bits per heavy atom. The topological polar surface area (TPSA) is 21.6 Å². The van der Waals surface area contributed by atoms with E-state index in [1.165, 1.54) is 69.9 Å². The van der Waals surface area contributed by atoms with Gasteiger partial charge in [-0.1, -0.05) is 56.5 Å². The van der Waals surface area contributed by atoms with Gasteiger partial charge in [-0.15, -0.1) is 0 Å². The van der Waals surface area contributed by atoms with E-state index in [0.717, 1.165) is 12.8 Å². The molecule has 0 saturated heterocycles. The second-order valence-corrected chi connectivity index (χ2v) is 4.88. The highest BCUT2D eigenvalue weighted by atomic mass is 16.6. The molecule has 0 bridgehead atoms. The molecular formula is C14H27NO. The van der Waals surface area contributed by atoms with Crippen LogP contribution in [0.25, 0.3) is 0 Å². The number of rotatable bonds is 1. The Balaban J connectivity index is 2.29. The second-order valence-electron chi connectivity index (χ2n) is 4.88. The van der Waals surface area contributed by atoms with Gasteiger partial charge in [0.25, 0.3) is 0 Å². The standard InChI is InChI=1S/C14H27NO/c1-16-15-14-12-10-8-6-4-2-3-5-7-9-11-13-14/h2-13H2,1H3. The van der Waals surface area contributed by atoms with E-state index in [4.69, 9.17) is 4.84 Å². The molecule has 2 nitrogen and oxygen atoms in total. The fraction of sp³-hybridized carbons (Fsp3) is 0.929. The number of nitrogens with zero attached hydrogens (tertiary/aromatic N) is 1. The third kappa shape index (κ3) is 6.86. The summed E-state index contributed by atoms with van der Waals surface area (Å²) in [4.78, 5) is 4.92. The molecule has 1 aliphatic rings. The first-order valence-electron chi connectivity index (χ1n) is 7.02. The lowest BCUT2D eigenvalue weighted by atomic mass is 10.0.